The zero-order valence-electron chi connectivity index (χ0n) is 17.0. The molecule has 3 rings (SSSR count). The minimum Gasteiger partial charge on any atom is -0.459 e. The van der Waals surface area contributed by atoms with Gasteiger partial charge in [-0.3, -0.25) is 25.2 Å². The molecule has 8 nitrogen and oxygen atoms in total. The molecule has 1 unspecified atom stereocenters. The number of nitrogens with one attached hydrogen (secondary N) is 3. The first-order valence-corrected chi connectivity index (χ1v) is 11.7. The smallest absolute Gasteiger partial charge is 0.287 e. The van der Waals surface area contributed by atoms with Crippen LogP contribution in [0.25, 0.3) is 10.6 Å². The zero-order chi connectivity index (χ0) is 22.2. The Kier molecular flexibility index (Phi) is 7.85. The van der Waals surface area contributed by atoms with E-state index in [0.717, 1.165) is 10.6 Å². The molecule has 3 amide bonds. The Hall–Kier alpha value is -3.11. The maximum Gasteiger partial charge on any atom is 0.287 e. The van der Waals surface area contributed by atoms with Crippen LogP contribution in [0, 0.1) is 6.92 Å². The van der Waals surface area contributed by atoms with Gasteiger partial charge >= 0.3 is 0 Å². The van der Waals surface area contributed by atoms with E-state index in [1.165, 1.54) is 23.7 Å². The molecule has 0 saturated heterocycles. The van der Waals surface area contributed by atoms with Crippen molar-refractivity contribution < 1.29 is 18.8 Å². The van der Waals surface area contributed by atoms with Gasteiger partial charge in [-0.2, -0.15) is 11.8 Å². The number of nitrogens with zero attached hydrogens (tertiary/aromatic N) is 1. The summed E-state index contributed by atoms with van der Waals surface area (Å²) in [6, 6.07) is 11.8. The third-order valence-corrected chi connectivity index (χ3v) is 6.15. The third kappa shape index (κ3) is 5.96. The van der Waals surface area contributed by atoms with Gasteiger partial charge in [-0.1, -0.05) is 30.3 Å². The Labute approximate surface area is 187 Å². The van der Waals surface area contributed by atoms with E-state index in [4.69, 9.17) is 4.42 Å². The predicted octanol–water partition coefficient (Wildman–Crippen LogP) is 3.02. The maximum atomic E-state index is 12.6. The summed E-state index contributed by atoms with van der Waals surface area (Å²) in [4.78, 5) is 42.3. The van der Waals surface area contributed by atoms with Gasteiger partial charge in [0.15, 0.2) is 5.76 Å². The molecule has 10 heteroatoms. The third-order valence-electron chi connectivity index (χ3n) is 4.30. The average molecular weight is 459 g/mol. The summed E-state index contributed by atoms with van der Waals surface area (Å²) in [6.45, 7) is 1.74. The van der Waals surface area contributed by atoms with Crippen LogP contribution < -0.4 is 16.2 Å². The SMILES string of the molecule is CSCCC(NC(=O)c1ccco1)C(=O)NNC(=O)c1sc(-c2ccccc2)nc1C. The summed E-state index contributed by atoms with van der Waals surface area (Å²) in [7, 11) is 0. The van der Waals surface area contributed by atoms with Crippen molar-refractivity contribution in [3.8, 4) is 10.6 Å². The molecule has 0 fully saturated rings. The van der Waals surface area contributed by atoms with E-state index >= 15 is 0 Å². The highest BCUT2D eigenvalue weighted by molar-refractivity contribution is 7.98. The summed E-state index contributed by atoms with van der Waals surface area (Å²) in [5.74, 6) is -0.721. The number of carbonyl (C=O) groups excluding carboxylic acids is 3. The maximum absolute atomic E-state index is 12.6. The van der Waals surface area contributed by atoms with Crippen molar-refractivity contribution in [1.82, 2.24) is 21.2 Å². The first-order chi connectivity index (χ1) is 15.0. The van der Waals surface area contributed by atoms with Crippen LogP contribution in [0.2, 0.25) is 0 Å². The van der Waals surface area contributed by atoms with Gasteiger partial charge in [0.25, 0.3) is 17.7 Å². The predicted molar refractivity (Wildman–Crippen MR) is 121 cm³/mol. The number of benzene rings is 1. The van der Waals surface area contributed by atoms with Crippen LogP contribution in [-0.4, -0.2) is 40.8 Å². The van der Waals surface area contributed by atoms with Crippen LogP contribution in [0.1, 0.15) is 32.3 Å². The van der Waals surface area contributed by atoms with Crippen molar-refractivity contribution in [2.75, 3.05) is 12.0 Å². The molecule has 1 atom stereocenters. The van der Waals surface area contributed by atoms with E-state index in [1.807, 2.05) is 36.6 Å². The van der Waals surface area contributed by atoms with Crippen LogP contribution in [0.5, 0.6) is 0 Å². The topological polar surface area (TPSA) is 113 Å². The number of rotatable bonds is 8. The zero-order valence-corrected chi connectivity index (χ0v) is 18.6. The Morgan fingerprint density at radius 3 is 2.55 bits per heavy atom. The highest BCUT2D eigenvalue weighted by Crippen LogP contribution is 2.27. The fourth-order valence-electron chi connectivity index (χ4n) is 2.72. The van der Waals surface area contributed by atoms with Gasteiger partial charge in [0.05, 0.1) is 12.0 Å². The minimum absolute atomic E-state index is 0.111. The summed E-state index contributed by atoms with van der Waals surface area (Å²) in [5, 5.41) is 3.36. The van der Waals surface area contributed by atoms with E-state index in [1.54, 1.807) is 24.8 Å². The summed E-state index contributed by atoms with van der Waals surface area (Å²) < 4.78 is 5.06. The molecule has 0 bridgehead atoms. The van der Waals surface area contributed by atoms with Crippen LogP contribution in [0.4, 0.5) is 0 Å². The number of hydrazine groups is 1. The number of thiazole rings is 1. The highest BCUT2D eigenvalue weighted by atomic mass is 32.2. The van der Waals surface area contributed by atoms with E-state index in [2.05, 4.69) is 21.2 Å². The Morgan fingerprint density at radius 1 is 1.10 bits per heavy atom. The monoisotopic (exact) mass is 458 g/mol. The molecule has 0 aliphatic heterocycles. The number of thioether (sulfide) groups is 1. The Bertz CT molecular complexity index is 1040. The number of amides is 3. The number of furan rings is 1. The Balaban J connectivity index is 1.62. The lowest BCUT2D eigenvalue weighted by molar-refractivity contribution is -0.123. The fourth-order valence-corrected chi connectivity index (χ4v) is 4.15. The van der Waals surface area contributed by atoms with Crippen LogP contribution >= 0.6 is 23.1 Å². The molecular formula is C21H22N4O4S2. The van der Waals surface area contributed by atoms with Gasteiger partial charge in [-0.15, -0.1) is 11.3 Å². The minimum atomic E-state index is -0.826. The number of carbonyl (C=O) groups is 3. The second kappa shape index (κ2) is 10.8. The molecule has 3 N–H and O–H groups in total. The van der Waals surface area contributed by atoms with Crippen molar-refractivity contribution >= 4 is 40.8 Å². The molecular weight excluding hydrogens is 436 g/mol. The average Bonchev–Trinajstić information content (AvgIpc) is 3.45. The first kappa shape index (κ1) is 22.6. The van der Waals surface area contributed by atoms with Crippen molar-refractivity contribution in [1.29, 1.82) is 0 Å². The second-order valence-corrected chi connectivity index (χ2v) is 8.51. The van der Waals surface area contributed by atoms with Gasteiger partial charge in [-0.05, 0) is 37.5 Å². The molecule has 0 spiro atoms. The number of aryl methyl sites for hydroxylation is 1. The summed E-state index contributed by atoms with van der Waals surface area (Å²) in [5.41, 5.74) is 6.31. The van der Waals surface area contributed by atoms with Crippen LogP contribution in [-0.2, 0) is 4.79 Å². The normalized spacial score (nSPS) is 11.5. The van der Waals surface area contributed by atoms with E-state index in [9.17, 15) is 14.4 Å². The van der Waals surface area contributed by atoms with E-state index < -0.39 is 23.8 Å². The van der Waals surface area contributed by atoms with Gasteiger partial charge in [-0.25, -0.2) is 4.98 Å². The number of hydrogen-bond acceptors (Lipinski definition) is 7. The molecule has 31 heavy (non-hydrogen) atoms. The first-order valence-electron chi connectivity index (χ1n) is 9.46. The van der Waals surface area contributed by atoms with Gasteiger partial charge in [0, 0.05) is 5.56 Å². The molecule has 3 aromatic rings. The largest absolute Gasteiger partial charge is 0.459 e. The van der Waals surface area contributed by atoms with E-state index in [0.29, 0.717) is 22.7 Å². The fraction of sp³-hybridized carbons (Fsp3) is 0.238. The van der Waals surface area contributed by atoms with Crippen LogP contribution in [0.3, 0.4) is 0 Å². The molecule has 0 aliphatic carbocycles. The van der Waals surface area contributed by atoms with Crippen molar-refractivity contribution in [2.24, 2.45) is 0 Å². The van der Waals surface area contributed by atoms with Crippen molar-refractivity contribution in [2.45, 2.75) is 19.4 Å². The molecule has 0 saturated carbocycles. The summed E-state index contributed by atoms with van der Waals surface area (Å²) in [6.07, 6.45) is 3.68. The number of hydrogen-bond donors (Lipinski definition) is 3. The second-order valence-electron chi connectivity index (χ2n) is 6.53. The number of aromatic nitrogens is 1. The quantitative estimate of drug-likeness (QED) is 0.447. The molecule has 1 aromatic carbocycles. The molecule has 0 aliphatic rings. The lowest BCUT2D eigenvalue weighted by Gasteiger charge is -2.17. The molecule has 0 radical (unpaired) electrons. The standard InChI is InChI=1S/C21H22N4O4S2/c1-13-17(31-21(22-13)14-7-4-3-5-8-14)20(28)25-24-18(26)15(10-12-30-2)23-19(27)16-9-6-11-29-16/h3-9,11,15H,10,12H2,1-2H3,(H,23,27)(H,24,26)(H,25,28). The van der Waals surface area contributed by atoms with Crippen molar-refractivity contribution in [3.63, 3.8) is 0 Å². The summed E-state index contributed by atoms with van der Waals surface area (Å²) >= 11 is 2.79. The van der Waals surface area contributed by atoms with Crippen LogP contribution in [0.15, 0.2) is 53.1 Å². The van der Waals surface area contributed by atoms with Gasteiger partial charge < -0.3 is 9.73 Å². The van der Waals surface area contributed by atoms with Gasteiger partial charge in [0.1, 0.15) is 15.9 Å². The van der Waals surface area contributed by atoms with E-state index in [-0.39, 0.29) is 5.76 Å². The van der Waals surface area contributed by atoms with Gasteiger partial charge in [0.2, 0.25) is 0 Å². The molecule has 2 aromatic heterocycles. The molecule has 2 heterocycles. The lowest BCUT2D eigenvalue weighted by atomic mass is 10.2. The Morgan fingerprint density at radius 2 is 1.87 bits per heavy atom. The lowest BCUT2D eigenvalue weighted by Crippen LogP contribution is -2.52. The van der Waals surface area contributed by atoms with Crippen molar-refractivity contribution in [3.05, 3.63) is 65.1 Å². The highest BCUT2D eigenvalue weighted by Gasteiger charge is 2.23. The molecule has 162 valence electrons.